The first kappa shape index (κ1) is 16.3. The maximum atomic E-state index is 12.3. The van der Waals surface area contributed by atoms with Crippen LogP contribution in [-0.4, -0.2) is 46.5 Å². The average molecular weight is 299 g/mol. The Morgan fingerprint density at radius 1 is 1.35 bits per heavy atom. The number of carboxylic acid groups (broad SMARTS) is 1. The van der Waals surface area contributed by atoms with Crippen LogP contribution >= 0.6 is 11.6 Å². The third-order valence-electron chi connectivity index (χ3n) is 2.81. The molecule has 0 saturated carbocycles. The molecule has 1 aromatic rings. The molecule has 110 valence electrons. The van der Waals surface area contributed by atoms with E-state index in [0.717, 1.165) is 5.56 Å². The smallest absolute Gasteiger partial charge is 0.323 e. The number of halogens is 1. The zero-order valence-electron chi connectivity index (χ0n) is 11.8. The van der Waals surface area contributed by atoms with Crippen LogP contribution < -0.4 is 0 Å². The summed E-state index contributed by atoms with van der Waals surface area (Å²) in [6.07, 6.45) is 0. The van der Waals surface area contributed by atoms with Gasteiger partial charge < -0.3 is 14.9 Å². The molecular formula is C14H19ClN2O3. The summed E-state index contributed by atoms with van der Waals surface area (Å²) in [5.41, 5.74) is 0.896. The monoisotopic (exact) mass is 298 g/mol. The number of hydrogen-bond acceptors (Lipinski definition) is 2. The fourth-order valence-corrected chi connectivity index (χ4v) is 2.03. The summed E-state index contributed by atoms with van der Waals surface area (Å²) in [7, 11) is 1.64. The number of urea groups is 1. The number of carboxylic acids is 1. The zero-order chi connectivity index (χ0) is 15.3. The lowest BCUT2D eigenvalue weighted by Crippen LogP contribution is -2.46. The number of carbonyl (C=O) groups is 2. The lowest BCUT2D eigenvalue weighted by molar-refractivity contribution is -0.138. The Morgan fingerprint density at radius 3 is 2.50 bits per heavy atom. The standard InChI is InChI=1S/C14H19ClN2O3/c1-10(2)17(9-13(18)19)14(20)16(3)8-11-5-4-6-12(15)7-11/h4-7,10H,8-9H2,1-3H3,(H,18,19). The second-order valence-corrected chi connectivity index (χ2v) is 5.32. The molecule has 5 nitrogen and oxygen atoms in total. The van der Waals surface area contributed by atoms with Crippen LogP contribution in [0.15, 0.2) is 24.3 Å². The Bertz CT molecular complexity index is 491. The Kier molecular flexibility index (Phi) is 5.82. The molecule has 0 radical (unpaired) electrons. The van der Waals surface area contributed by atoms with Crippen molar-refractivity contribution in [2.75, 3.05) is 13.6 Å². The molecule has 1 rings (SSSR count). The number of carbonyl (C=O) groups excluding carboxylic acids is 1. The topological polar surface area (TPSA) is 60.9 Å². The van der Waals surface area contributed by atoms with Gasteiger partial charge in [-0.2, -0.15) is 0 Å². The number of benzene rings is 1. The Balaban J connectivity index is 2.76. The highest BCUT2D eigenvalue weighted by Gasteiger charge is 2.23. The van der Waals surface area contributed by atoms with Gasteiger partial charge in [0.2, 0.25) is 0 Å². The quantitative estimate of drug-likeness (QED) is 0.909. The first-order valence-corrected chi connectivity index (χ1v) is 6.67. The van der Waals surface area contributed by atoms with E-state index in [4.69, 9.17) is 16.7 Å². The first-order valence-electron chi connectivity index (χ1n) is 6.29. The fourth-order valence-electron chi connectivity index (χ4n) is 1.81. The van der Waals surface area contributed by atoms with Crippen LogP contribution in [0.3, 0.4) is 0 Å². The van der Waals surface area contributed by atoms with Gasteiger partial charge in [-0.3, -0.25) is 4.79 Å². The van der Waals surface area contributed by atoms with Crippen LogP contribution in [0.4, 0.5) is 4.79 Å². The average Bonchev–Trinajstić information content (AvgIpc) is 2.34. The molecule has 1 aromatic carbocycles. The summed E-state index contributed by atoms with van der Waals surface area (Å²) in [6, 6.07) is 6.72. The van der Waals surface area contributed by atoms with Gasteiger partial charge in [0.05, 0.1) is 0 Å². The van der Waals surface area contributed by atoms with Crippen molar-refractivity contribution in [2.24, 2.45) is 0 Å². The minimum absolute atomic E-state index is 0.180. The summed E-state index contributed by atoms with van der Waals surface area (Å²) in [5.74, 6) is -1.02. The minimum Gasteiger partial charge on any atom is -0.480 e. The summed E-state index contributed by atoms with van der Waals surface area (Å²) < 4.78 is 0. The molecule has 0 bridgehead atoms. The van der Waals surface area contributed by atoms with E-state index in [0.29, 0.717) is 11.6 Å². The van der Waals surface area contributed by atoms with Crippen molar-refractivity contribution in [3.63, 3.8) is 0 Å². The molecule has 0 aliphatic carbocycles. The summed E-state index contributed by atoms with van der Waals surface area (Å²) in [6.45, 7) is 3.64. The second-order valence-electron chi connectivity index (χ2n) is 4.88. The number of aliphatic carboxylic acids is 1. The van der Waals surface area contributed by atoms with E-state index in [-0.39, 0.29) is 18.6 Å². The highest BCUT2D eigenvalue weighted by molar-refractivity contribution is 6.30. The van der Waals surface area contributed by atoms with E-state index in [2.05, 4.69) is 0 Å². The van der Waals surface area contributed by atoms with Crippen molar-refractivity contribution in [1.29, 1.82) is 0 Å². The summed E-state index contributed by atoms with van der Waals surface area (Å²) >= 11 is 5.90. The molecule has 0 atom stereocenters. The molecular weight excluding hydrogens is 280 g/mol. The Labute approximate surface area is 123 Å². The molecule has 0 unspecified atom stereocenters. The third kappa shape index (κ3) is 4.74. The SMILES string of the molecule is CC(C)N(CC(=O)O)C(=O)N(C)Cc1cccc(Cl)c1. The van der Waals surface area contributed by atoms with E-state index in [1.165, 1.54) is 9.80 Å². The van der Waals surface area contributed by atoms with Gasteiger partial charge in [0, 0.05) is 24.7 Å². The molecule has 0 aromatic heterocycles. The predicted molar refractivity (Wildman–Crippen MR) is 77.8 cm³/mol. The lowest BCUT2D eigenvalue weighted by atomic mass is 10.2. The highest BCUT2D eigenvalue weighted by Crippen LogP contribution is 2.13. The van der Waals surface area contributed by atoms with Gasteiger partial charge in [0.25, 0.3) is 0 Å². The van der Waals surface area contributed by atoms with Crippen LogP contribution in [0, 0.1) is 0 Å². The number of nitrogens with zero attached hydrogens (tertiary/aromatic N) is 2. The van der Waals surface area contributed by atoms with E-state index < -0.39 is 5.97 Å². The molecule has 0 saturated heterocycles. The predicted octanol–water partition coefficient (Wildman–Crippen LogP) is 2.69. The van der Waals surface area contributed by atoms with Crippen LogP contribution in [0.25, 0.3) is 0 Å². The van der Waals surface area contributed by atoms with E-state index in [9.17, 15) is 9.59 Å². The Hall–Kier alpha value is -1.75. The molecule has 0 aliphatic heterocycles. The molecule has 0 fully saturated rings. The van der Waals surface area contributed by atoms with Crippen molar-refractivity contribution in [3.8, 4) is 0 Å². The number of amides is 2. The van der Waals surface area contributed by atoms with Crippen LogP contribution in [-0.2, 0) is 11.3 Å². The van der Waals surface area contributed by atoms with Crippen molar-refractivity contribution in [2.45, 2.75) is 26.4 Å². The molecule has 6 heteroatoms. The molecule has 0 heterocycles. The molecule has 20 heavy (non-hydrogen) atoms. The largest absolute Gasteiger partial charge is 0.480 e. The number of rotatable bonds is 5. The van der Waals surface area contributed by atoms with Gasteiger partial charge in [-0.1, -0.05) is 23.7 Å². The fraction of sp³-hybridized carbons (Fsp3) is 0.429. The van der Waals surface area contributed by atoms with E-state index in [1.54, 1.807) is 33.0 Å². The van der Waals surface area contributed by atoms with Gasteiger partial charge in [-0.05, 0) is 31.5 Å². The Morgan fingerprint density at radius 2 is 2.00 bits per heavy atom. The van der Waals surface area contributed by atoms with Gasteiger partial charge in [0.15, 0.2) is 0 Å². The van der Waals surface area contributed by atoms with Gasteiger partial charge in [-0.25, -0.2) is 4.79 Å². The van der Waals surface area contributed by atoms with Crippen molar-refractivity contribution >= 4 is 23.6 Å². The van der Waals surface area contributed by atoms with Crippen LogP contribution in [0.1, 0.15) is 19.4 Å². The molecule has 0 spiro atoms. The summed E-state index contributed by atoms with van der Waals surface area (Å²) in [5, 5.41) is 9.47. The third-order valence-corrected chi connectivity index (χ3v) is 3.05. The normalized spacial score (nSPS) is 10.4. The molecule has 1 N–H and O–H groups in total. The van der Waals surface area contributed by atoms with E-state index in [1.807, 2.05) is 12.1 Å². The summed E-state index contributed by atoms with van der Waals surface area (Å²) in [4.78, 5) is 25.9. The van der Waals surface area contributed by atoms with Crippen molar-refractivity contribution in [1.82, 2.24) is 9.80 Å². The van der Waals surface area contributed by atoms with Gasteiger partial charge in [0.1, 0.15) is 6.54 Å². The lowest BCUT2D eigenvalue weighted by Gasteiger charge is -2.30. The molecule has 2 amide bonds. The minimum atomic E-state index is -1.02. The van der Waals surface area contributed by atoms with E-state index >= 15 is 0 Å². The highest BCUT2D eigenvalue weighted by atomic mass is 35.5. The maximum absolute atomic E-state index is 12.3. The van der Waals surface area contributed by atoms with Gasteiger partial charge >= 0.3 is 12.0 Å². The zero-order valence-corrected chi connectivity index (χ0v) is 12.6. The van der Waals surface area contributed by atoms with Crippen molar-refractivity contribution < 1.29 is 14.7 Å². The molecule has 0 aliphatic rings. The van der Waals surface area contributed by atoms with Crippen molar-refractivity contribution in [3.05, 3.63) is 34.9 Å². The van der Waals surface area contributed by atoms with Crippen LogP contribution in [0.2, 0.25) is 5.02 Å². The maximum Gasteiger partial charge on any atom is 0.323 e. The second kappa shape index (κ2) is 7.14. The van der Waals surface area contributed by atoms with Crippen LogP contribution in [0.5, 0.6) is 0 Å². The number of hydrogen-bond donors (Lipinski definition) is 1. The first-order chi connectivity index (χ1) is 9.31. The van der Waals surface area contributed by atoms with Gasteiger partial charge in [-0.15, -0.1) is 0 Å².